The largest absolute Gasteiger partial charge is 0.370 e. The van der Waals surface area contributed by atoms with Crippen LogP contribution in [0.5, 0.6) is 0 Å². The minimum Gasteiger partial charge on any atom is -0.370 e. The van der Waals surface area contributed by atoms with E-state index in [0.29, 0.717) is 16.4 Å². The number of nitrogens with zero attached hydrogens (tertiary/aromatic N) is 1. The number of carbonyl (C=O) groups is 1. The molecular weight excluding hydrogens is 389 g/mol. The van der Waals surface area contributed by atoms with Gasteiger partial charge in [-0.3, -0.25) is 4.79 Å². The fourth-order valence-electron chi connectivity index (χ4n) is 1.66. The standard InChI is InChI=1S/C14H13ClIN3O/c1-2-17-13-7-11(12(15)8-18-13)14(20)19-10-5-3-4-9(16)6-10/h3-8H,2H2,1H3,(H,17,18)(H,19,20). The lowest BCUT2D eigenvalue weighted by Crippen LogP contribution is -2.13. The smallest absolute Gasteiger partial charge is 0.257 e. The third-order valence-corrected chi connectivity index (χ3v) is 3.51. The van der Waals surface area contributed by atoms with Crippen molar-refractivity contribution in [3.63, 3.8) is 0 Å². The first-order valence-corrected chi connectivity index (χ1v) is 7.52. The highest BCUT2D eigenvalue weighted by molar-refractivity contribution is 14.1. The first-order valence-electron chi connectivity index (χ1n) is 6.06. The topological polar surface area (TPSA) is 54.0 Å². The summed E-state index contributed by atoms with van der Waals surface area (Å²) in [5.74, 6) is 0.378. The molecule has 1 heterocycles. The molecule has 2 rings (SSSR count). The number of anilines is 2. The second-order valence-electron chi connectivity index (χ2n) is 4.04. The number of benzene rings is 1. The summed E-state index contributed by atoms with van der Waals surface area (Å²) in [7, 11) is 0. The lowest BCUT2D eigenvalue weighted by Gasteiger charge is -2.09. The van der Waals surface area contributed by atoms with Crippen LogP contribution in [0.1, 0.15) is 17.3 Å². The molecule has 0 fully saturated rings. The molecule has 0 bridgehead atoms. The molecule has 0 saturated heterocycles. The highest BCUT2D eigenvalue weighted by atomic mass is 127. The molecule has 6 heteroatoms. The SMILES string of the molecule is CCNc1cc(C(=O)Nc2cccc(I)c2)c(Cl)cn1. The van der Waals surface area contributed by atoms with Crippen molar-refractivity contribution < 1.29 is 4.79 Å². The zero-order chi connectivity index (χ0) is 14.5. The fraction of sp³-hybridized carbons (Fsp3) is 0.143. The van der Waals surface area contributed by atoms with E-state index in [1.807, 2.05) is 31.2 Å². The summed E-state index contributed by atoms with van der Waals surface area (Å²) in [4.78, 5) is 16.4. The highest BCUT2D eigenvalue weighted by Crippen LogP contribution is 2.20. The summed E-state index contributed by atoms with van der Waals surface area (Å²) in [6.45, 7) is 2.69. The van der Waals surface area contributed by atoms with E-state index in [0.717, 1.165) is 15.8 Å². The van der Waals surface area contributed by atoms with Gasteiger partial charge in [0.1, 0.15) is 5.82 Å². The van der Waals surface area contributed by atoms with Gasteiger partial charge in [-0.25, -0.2) is 4.98 Å². The van der Waals surface area contributed by atoms with Gasteiger partial charge in [-0.2, -0.15) is 0 Å². The van der Waals surface area contributed by atoms with Crippen LogP contribution in [0.2, 0.25) is 5.02 Å². The van der Waals surface area contributed by atoms with Crippen molar-refractivity contribution in [3.8, 4) is 0 Å². The van der Waals surface area contributed by atoms with Crippen molar-refractivity contribution in [1.82, 2.24) is 4.98 Å². The molecule has 104 valence electrons. The molecule has 1 aromatic heterocycles. The monoisotopic (exact) mass is 401 g/mol. The Kier molecular flexibility index (Phi) is 5.19. The number of pyridine rings is 1. The van der Waals surface area contributed by atoms with Gasteiger partial charge in [-0.1, -0.05) is 17.7 Å². The molecule has 0 atom stereocenters. The molecule has 1 amide bonds. The van der Waals surface area contributed by atoms with Crippen molar-refractivity contribution in [2.75, 3.05) is 17.2 Å². The van der Waals surface area contributed by atoms with Crippen LogP contribution in [0.4, 0.5) is 11.5 Å². The third kappa shape index (κ3) is 3.83. The van der Waals surface area contributed by atoms with E-state index in [9.17, 15) is 4.79 Å². The first kappa shape index (κ1) is 15.1. The van der Waals surface area contributed by atoms with Gasteiger partial charge in [-0.15, -0.1) is 0 Å². The van der Waals surface area contributed by atoms with Gasteiger partial charge in [0.15, 0.2) is 0 Å². The van der Waals surface area contributed by atoms with Crippen molar-refractivity contribution in [3.05, 3.63) is 50.7 Å². The van der Waals surface area contributed by atoms with Gasteiger partial charge in [0.2, 0.25) is 0 Å². The van der Waals surface area contributed by atoms with Crippen LogP contribution in [-0.4, -0.2) is 17.4 Å². The number of nitrogens with one attached hydrogen (secondary N) is 2. The van der Waals surface area contributed by atoms with Crippen LogP contribution >= 0.6 is 34.2 Å². The minimum absolute atomic E-state index is 0.251. The van der Waals surface area contributed by atoms with Gasteiger partial charge >= 0.3 is 0 Å². The minimum atomic E-state index is -0.251. The lowest BCUT2D eigenvalue weighted by molar-refractivity contribution is 0.102. The number of halogens is 2. The molecule has 0 aliphatic heterocycles. The van der Waals surface area contributed by atoms with Gasteiger partial charge < -0.3 is 10.6 Å². The Morgan fingerprint density at radius 3 is 2.90 bits per heavy atom. The molecule has 0 unspecified atom stereocenters. The van der Waals surface area contributed by atoms with E-state index in [1.165, 1.54) is 6.20 Å². The zero-order valence-corrected chi connectivity index (χ0v) is 13.7. The third-order valence-electron chi connectivity index (χ3n) is 2.54. The van der Waals surface area contributed by atoms with Crippen LogP contribution in [0.3, 0.4) is 0 Å². The quantitative estimate of drug-likeness (QED) is 0.761. The number of hydrogen-bond donors (Lipinski definition) is 2. The van der Waals surface area contributed by atoms with Crippen molar-refractivity contribution >= 4 is 51.6 Å². The molecule has 20 heavy (non-hydrogen) atoms. The lowest BCUT2D eigenvalue weighted by atomic mass is 10.2. The normalized spacial score (nSPS) is 10.2. The van der Waals surface area contributed by atoms with E-state index < -0.39 is 0 Å². The Hall–Kier alpha value is -1.34. The predicted octanol–water partition coefficient (Wildman–Crippen LogP) is 4.02. The maximum Gasteiger partial charge on any atom is 0.257 e. The van der Waals surface area contributed by atoms with Crippen LogP contribution in [0.25, 0.3) is 0 Å². The first-order chi connectivity index (χ1) is 9.60. The summed E-state index contributed by atoms with van der Waals surface area (Å²) < 4.78 is 1.05. The summed E-state index contributed by atoms with van der Waals surface area (Å²) in [6.07, 6.45) is 1.48. The Bertz CT molecular complexity index is 634. The molecule has 1 aromatic carbocycles. The van der Waals surface area contributed by atoms with Crippen LogP contribution in [0, 0.1) is 3.57 Å². The Balaban J connectivity index is 2.22. The molecule has 2 N–H and O–H groups in total. The van der Waals surface area contributed by atoms with Gasteiger partial charge in [0, 0.05) is 22.0 Å². The average molecular weight is 402 g/mol. The molecule has 2 aromatic rings. The van der Waals surface area contributed by atoms with Crippen molar-refractivity contribution in [2.45, 2.75) is 6.92 Å². The summed E-state index contributed by atoms with van der Waals surface area (Å²) in [5.41, 5.74) is 1.14. The molecule has 0 aliphatic rings. The molecule has 0 aliphatic carbocycles. The summed E-state index contributed by atoms with van der Waals surface area (Å²) >= 11 is 8.23. The van der Waals surface area contributed by atoms with E-state index in [1.54, 1.807) is 6.07 Å². The summed E-state index contributed by atoms with van der Waals surface area (Å²) in [5, 5.41) is 6.21. The fourth-order valence-corrected chi connectivity index (χ4v) is 2.39. The van der Waals surface area contributed by atoms with E-state index in [2.05, 4.69) is 38.2 Å². The second-order valence-corrected chi connectivity index (χ2v) is 5.70. The van der Waals surface area contributed by atoms with Gasteiger partial charge in [0.25, 0.3) is 5.91 Å². The number of amides is 1. The summed E-state index contributed by atoms with van der Waals surface area (Å²) in [6, 6.07) is 9.21. The maximum atomic E-state index is 12.2. The number of rotatable bonds is 4. The van der Waals surface area contributed by atoms with E-state index in [-0.39, 0.29) is 5.91 Å². The van der Waals surface area contributed by atoms with E-state index in [4.69, 9.17) is 11.6 Å². The van der Waals surface area contributed by atoms with Gasteiger partial charge in [0.05, 0.1) is 10.6 Å². The Labute approximate surface area is 136 Å². The van der Waals surface area contributed by atoms with Crippen LogP contribution in [0.15, 0.2) is 36.5 Å². The zero-order valence-electron chi connectivity index (χ0n) is 10.8. The number of aromatic nitrogens is 1. The van der Waals surface area contributed by atoms with Gasteiger partial charge in [-0.05, 0) is 53.8 Å². The molecule has 0 radical (unpaired) electrons. The van der Waals surface area contributed by atoms with Crippen molar-refractivity contribution in [1.29, 1.82) is 0 Å². The highest BCUT2D eigenvalue weighted by Gasteiger charge is 2.12. The second kappa shape index (κ2) is 6.90. The van der Waals surface area contributed by atoms with Crippen molar-refractivity contribution in [2.24, 2.45) is 0 Å². The molecule has 4 nitrogen and oxygen atoms in total. The maximum absolute atomic E-state index is 12.2. The van der Waals surface area contributed by atoms with E-state index >= 15 is 0 Å². The van der Waals surface area contributed by atoms with Crippen LogP contribution < -0.4 is 10.6 Å². The molecule has 0 spiro atoms. The number of carbonyl (C=O) groups excluding carboxylic acids is 1. The Morgan fingerprint density at radius 2 is 2.20 bits per heavy atom. The molecular formula is C14H13ClIN3O. The molecule has 0 saturated carbocycles. The average Bonchev–Trinajstić information content (AvgIpc) is 2.41. The number of hydrogen-bond acceptors (Lipinski definition) is 3. The van der Waals surface area contributed by atoms with Crippen LogP contribution in [-0.2, 0) is 0 Å². The Morgan fingerprint density at radius 1 is 1.40 bits per heavy atom. The predicted molar refractivity (Wildman–Crippen MR) is 90.5 cm³/mol.